The lowest BCUT2D eigenvalue weighted by Gasteiger charge is -2.08. The van der Waals surface area contributed by atoms with Crippen molar-refractivity contribution in [1.29, 1.82) is 10.5 Å². The molecule has 0 spiro atoms. The third-order valence-electron chi connectivity index (χ3n) is 1.62. The van der Waals surface area contributed by atoms with Crippen LogP contribution in [0.5, 0.6) is 0 Å². The number of anilines is 1. The van der Waals surface area contributed by atoms with Gasteiger partial charge in [0, 0.05) is 6.20 Å². The molecule has 0 fully saturated rings. The Morgan fingerprint density at radius 3 is 2.56 bits per heavy atom. The molecule has 0 atom stereocenters. The molecule has 0 aromatic heterocycles. The van der Waals surface area contributed by atoms with Gasteiger partial charge in [-0.25, -0.2) is 0 Å². The van der Waals surface area contributed by atoms with Crippen LogP contribution in [0.25, 0.3) is 0 Å². The maximum atomic E-state index is 8.47. The molecule has 0 radical (unpaired) electrons. The van der Waals surface area contributed by atoms with E-state index < -0.39 is 0 Å². The Morgan fingerprint density at radius 1 is 1.25 bits per heavy atom. The van der Waals surface area contributed by atoms with Crippen LogP contribution in [0.15, 0.2) is 30.0 Å². The number of hydrazine groups is 1. The van der Waals surface area contributed by atoms with Gasteiger partial charge in [-0.05, 0) is 12.1 Å². The average Bonchev–Trinajstić information content (AvgIpc) is 2.30. The van der Waals surface area contributed by atoms with Crippen molar-refractivity contribution in [2.45, 2.75) is 0 Å². The summed E-state index contributed by atoms with van der Waals surface area (Å²) in [5.74, 6) is 0. The topological polar surface area (TPSA) is 71.6 Å². The van der Waals surface area contributed by atoms with Gasteiger partial charge in [0.2, 0.25) is 0 Å². The zero-order chi connectivity index (χ0) is 12.0. The molecule has 0 saturated carbocycles. The Morgan fingerprint density at radius 2 is 1.94 bits per heavy atom. The van der Waals surface area contributed by atoms with Gasteiger partial charge < -0.3 is 5.43 Å². The zero-order valence-corrected chi connectivity index (χ0v) is 9.47. The summed E-state index contributed by atoms with van der Waals surface area (Å²) in [4.78, 5) is 0. The molecule has 2 N–H and O–H groups in total. The van der Waals surface area contributed by atoms with Crippen molar-refractivity contribution in [3.05, 3.63) is 40.0 Å². The average molecular weight is 253 g/mol. The van der Waals surface area contributed by atoms with Crippen LogP contribution >= 0.6 is 23.2 Å². The van der Waals surface area contributed by atoms with Gasteiger partial charge in [0.05, 0.1) is 15.7 Å². The van der Waals surface area contributed by atoms with E-state index in [1.54, 1.807) is 30.3 Å². The van der Waals surface area contributed by atoms with Crippen LogP contribution in [0.3, 0.4) is 0 Å². The smallest absolute Gasteiger partial charge is 0.147 e. The second-order valence-electron chi connectivity index (χ2n) is 2.65. The van der Waals surface area contributed by atoms with E-state index in [9.17, 15) is 0 Å². The molecule has 0 unspecified atom stereocenters. The Balaban J connectivity index is 2.71. The van der Waals surface area contributed by atoms with Crippen molar-refractivity contribution >= 4 is 28.9 Å². The number of hydrogen-bond acceptors (Lipinski definition) is 4. The number of halogens is 2. The molecule has 0 saturated heterocycles. The molecule has 80 valence electrons. The van der Waals surface area contributed by atoms with Gasteiger partial charge in [-0.3, -0.25) is 5.43 Å². The Kier molecular flexibility index (Phi) is 4.47. The van der Waals surface area contributed by atoms with Crippen LogP contribution < -0.4 is 10.9 Å². The molecule has 0 aliphatic heterocycles. The fourth-order valence-electron chi connectivity index (χ4n) is 0.876. The molecule has 0 aliphatic carbocycles. The lowest BCUT2D eigenvalue weighted by Crippen LogP contribution is -2.15. The Hall–Kier alpha value is -1.88. The second-order valence-corrected chi connectivity index (χ2v) is 3.44. The van der Waals surface area contributed by atoms with Crippen molar-refractivity contribution in [2.24, 2.45) is 0 Å². The molecule has 0 aliphatic rings. The van der Waals surface area contributed by atoms with Gasteiger partial charge in [-0.2, -0.15) is 10.5 Å². The van der Waals surface area contributed by atoms with Gasteiger partial charge in [0.25, 0.3) is 0 Å². The summed E-state index contributed by atoms with van der Waals surface area (Å²) in [5, 5.41) is 17.7. The van der Waals surface area contributed by atoms with Crippen molar-refractivity contribution in [2.75, 3.05) is 5.43 Å². The first-order valence-electron chi connectivity index (χ1n) is 4.15. The first-order valence-corrected chi connectivity index (χ1v) is 4.90. The van der Waals surface area contributed by atoms with Gasteiger partial charge in [-0.1, -0.05) is 29.3 Å². The van der Waals surface area contributed by atoms with Crippen LogP contribution in [-0.2, 0) is 0 Å². The highest BCUT2D eigenvalue weighted by Gasteiger charge is 2.02. The van der Waals surface area contributed by atoms with Crippen molar-refractivity contribution in [3.63, 3.8) is 0 Å². The molecule has 1 rings (SSSR count). The van der Waals surface area contributed by atoms with Gasteiger partial charge in [0.1, 0.15) is 17.7 Å². The van der Waals surface area contributed by atoms with E-state index in [-0.39, 0.29) is 5.57 Å². The van der Waals surface area contributed by atoms with E-state index in [0.717, 1.165) is 0 Å². The third-order valence-corrected chi connectivity index (χ3v) is 2.43. The maximum absolute atomic E-state index is 8.47. The van der Waals surface area contributed by atoms with Gasteiger partial charge >= 0.3 is 0 Å². The first-order chi connectivity index (χ1) is 7.69. The van der Waals surface area contributed by atoms with Crippen LogP contribution in [-0.4, -0.2) is 0 Å². The molecule has 0 amide bonds. The molecule has 0 heterocycles. The Labute approximate surface area is 103 Å². The van der Waals surface area contributed by atoms with E-state index in [4.69, 9.17) is 33.7 Å². The number of hydrogen-bond donors (Lipinski definition) is 2. The molecule has 0 bridgehead atoms. The fraction of sp³-hybridized carbons (Fsp3) is 0. The summed E-state index contributed by atoms with van der Waals surface area (Å²) in [6.45, 7) is 0. The minimum Gasteiger partial charge on any atom is -0.306 e. The number of rotatable bonds is 3. The minimum atomic E-state index is -0.0503. The first kappa shape index (κ1) is 12.2. The maximum Gasteiger partial charge on any atom is 0.147 e. The predicted octanol–water partition coefficient (Wildman–Crippen LogP) is 2.84. The third kappa shape index (κ3) is 3.06. The molecule has 1 aromatic rings. The monoisotopic (exact) mass is 252 g/mol. The van der Waals surface area contributed by atoms with Crippen LogP contribution in [0.4, 0.5) is 5.69 Å². The van der Waals surface area contributed by atoms with E-state index >= 15 is 0 Å². The molecule has 16 heavy (non-hydrogen) atoms. The highest BCUT2D eigenvalue weighted by Crippen LogP contribution is 2.28. The van der Waals surface area contributed by atoms with Crippen molar-refractivity contribution in [1.82, 2.24) is 5.43 Å². The molecular formula is C10H6Cl2N4. The van der Waals surface area contributed by atoms with E-state index in [0.29, 0.717) is 15.7 Å². The van der Waals surface area contributed by atoms with Crippen LogP contribution in [0.2, 0.25) is 10.0 Å². The quantitative estimate of drug-likeness (QED) is 0.641. The summed E-state index contributed by atoms with van der Waals surface area (Å²) < 4.78 is 0. The van der Waals surface area contributed by atoms with E-state index in [2.05, 4.69) is 10.9 Å². The van der Waals surface area contributed by atoms with E-state index in [1.165, 1.54) is 6.20 Å². The number of nitriles is 2. The predicted molar refractivity (Wildman–Crippen MR) is 62.5 cm³/mol. The largest absolute Gasteiger partial charge is 0.306 e. The normalized spacial score (nSPS) is 8.50. The summed E-state index contributed by atoms with van der Waals surface area (Å²) in [7, 11) is 0. The summed E-state index contributed by atoms with van der Waals surface area (Å²) in [5.41, 5.74) is 5.79. The molecule has 1 aromatic carbocycles. The lowest BCUT2D eigenvalue weighted by atomic mass is 10.3. The Bertz CT molecular complexity index is 481. The number of nitrogens with zero attached hydrogens (tertiary/aromatic N) is 2. The van der Waals surface area contributed by atoms with Crippen LogP contribution in [0, 0.1) is 22.7 Å². The second kappa shape index (κ2) is 5.87. The molecule has 4 nitrogen and oxygen atoms in total. The number of nitrogens with one attached hydrogen (secondary N) is 2. The highest BCUT2D eigenvalue weighted by molar-refractivity contribution is 6.43. The highest BCUT2D eigenvalue weighted by atomic mass is 35.5. The van der Waals surface area contributed by atoms with Crippen molar-refractivity contribution < 1.29 is 0 Å². The van der Waals surface area contributed by atoms with E-state index in [1.807, 2.05) is 0 Å². The SMILES string of the molecule is N#CC(C#N)=CNNc1cccc(Cl)c1Cl. The summed E-state index contributed by atoms with van der Waals surface area (Å²) in [6.07, 6.45) is 1.23. The van der Waals surface area contributed by atoms with Gasteiger partial charge in [0.15, 0.2) is 0 Å². The van der Waals surface area contributed by atoms with Crippen molar-refractivity contribution in [3.8, 4) is 12.1 Å². The summed E-state index contributed by atoms with van der Waals surface area (Å²) >= 11 is 11.7. The number of allylic oxidation sites excluding steroid dienone is 1. The van der Waals surface area contributed by atoms with Crippen LogP contribution in [0.1, 0.15) is 0 Å². The zero-order valence-electron chi connectivity index (χ0n) is 7.96. The molecular weight excluding hydrogens is 247 g/mol. The molecule has 6 heteroatoms. The lowest BCUT2D eigenvalue weighted by molar-refractivity contribution is 1.05. The van der Waals surface area contributed by atoms with Gasteiger partial charge in [-0.15, -0.1) is 0 Å². The number of benzene rings is 1. The minimum absolute atomic E-state index is 0.0503. The fourth-order valence-corrected chi connectivity index (χ4v) is 1.22. The standard InChI is InChI=1S/C10H6Cl2N4/c11-8-2-1-3-9(10(8)12)16-15-6-7(4-13)5-14/h1-3,6,15-16H. The summed E-state index contributed by atoms with van der Waals surface area (Å²) in [6, 6.07) is 8.48.